The Labute approximate surface area is 234 Å². The Balaban J connectivity index is 1.28. The molecule has 0 aliphatic heterocycles. The zero-order valence-electron chi connectivity index (χ0n) is 21.9. The SMILES string of the molecule is Nc1nc(N)c2c(CCc3ccc(C(=O)N[C@@H](CCCNC(=O)c4ccccc4C(=O)O)C(=O)O)cc3)c[nH]c2n1. The second kappa shape index (κ2) is 12.6. The number of aromatic carboxylic acids is 1. The molecule has 13 heteroatoms. The van der Waals surface area contributed by atoms with Crippen molar-refractivity contribution >= 4 is 46.6 Å². The van der Waals surface area contributed by atoms with E-state index in [1.165, 1.54) is 18.2 Å². The minimum absolute atomic E-state index is 0.0105. The van der Waals surface area contributed by atoms with Gasteiger partial charge in [0.25, 0.3) is 11.8 Å². The first-order valence-corrected chi connectivity index (χ1v) is 12.8. The predicted octanol–water partition coefficient (Wildman–Crippen LogP) is 2.00. The number of amides is 2. The number of hydrogen-bond donors (Lipinski definition) is 7. The molecule has 2 amide bonds. The number of carboxylic acids is 2. The van der Waals surface area contributed by atoms with Crippen molar-refractivity contribution in [3.05, 3.63) is 82.5 Å². The fraction of sp³-hybridized carbons (Fsp3) is 0.214. The van der Waals surface area contributed by atoms with E-state index in [1.54, 1.807) is 30.3 Å². The van der Waals surface area contributed by atoms with Crippen molar-refractivity contribution in [2.45, 2.75) is 31.7 Å². The molecule has 9 N–H and O–H groups in total. The number of nitrogens with two attached hydrogens (primary N) is 2. The van der Waals surface area contributed by atoms with Crippen molar-refractivity contribution in [1.82, 2.24) is 25.6 Å². The Hall–Kier alpha value is -5.46. The number of carbonyl (C=O) groups excluding carboxylic acids is 2. The molecule has 0 bridgehead atoms. The van der Waals surface area contributed by atoms with Gasteiger partial charge in [0.05, 0.1) is 16.5 Å². The van der Waals surface area contributed by atoms with Crippen LogP contribution in [0.3, 0.4) is 0 Å². The van der Waals surface area contributed by atoms with Gasteiger partial charge in [-0.25, -0.2) is 9.59 Å². The lowest BCUT2D eigenvalue weighted by atomic mass is 10.0. The minimum Gasteiger partial charge on any atom is -0.480 e. The number of H-pyrrole nitrogens is 1. The van der Waals surface area contributed by atoms with Crippen molar-refractivity contribution in [3.63, 3.8) is 0 Å². The smallest absolute Gasteiger partial charge is 0.336 e. The van der Waals surface area contributed by atoms with Gasteiger partial charge in [-0.3, -0.25) is 9.59 Å². The maximum absolute atomic E-state index is 12.7. The zero-order valence-corrected chi connectivity index (χ0v) is 21.9. The Morgan fingerprint density at radius 3 is 2.29 bits per heavy atom. The number of aliphatic carboxylic acids is 1. The van der Waals surface area contributed by atoms with E-state index in [1.807, 2.05) is 6.20 Å². The van der Waals surface area contributed by atoms with E-state index >= 15 is 0 Å². The second-order valence-corrected chi connectivity index (χ2v) is 9.31. The van der Waals surface area contributed by atoms with Gasteiger partial charge in [0.2, 0.25) is 5.95 Å². The average molecular weight is 560 g/mol. The number of nitrogens with zero attached hydrogens (tertiary/aromatic N) is 2. The third-order valence-corrected chi connectivity index (χ3v) is 6.52. The average Bonchev–Trinajstić information content (AvgIpc) is 3.36. The van der Waals surface area contributed by atoms with Gasteiger partial charge in [0.15, 0.2) is 0 Å². The molecule has 1 atom stereocenters. The highest BCUT2D eigenvalue weighted by Crippen LogP contribution is 2.24. The van der Waals surface area contributed by atoms with E-state index in [9.17, 15) is 29.4 Å². The van der Waals surface area contributed by atoms with Gasteiger partial charge in [0.1, 0.15) is 17.5 Å². The lowest BCUT2D eigenvalue weighted by Crippen LogP contribution is -2.41. The molecule has 0 unspecified atom stereocenters. The van der Waals surface area contributed by atoms with Crippen LogP contribution in [0.4, 0.5) is 11.8 Å². The fourth-order valence-electron chi connectivity index (χ4n) is 4.41. The van der Waals surface area contributed by atoms with E-state index < -0.39 is 29.8 Å². The standard InChI is InChI=1S/C28H29N7O6/c29-22-21-17(14-32-23(21)35-28(30)34-22)12-9-15-7-10-16(11-8-15)24(36)33-20(27(40)41)6-3-13-31-25(37)18-4-1-2-5-19(18)26(38)39/h1-2,4-5,7-8,10-11,14,20H,3,6,9,12-13H2,(H,31,37)(H,33,36)(H,38,39)(H,40,41)(H5,29,30,32,34,35)/t20-/m0/s1. The minimum atomic E-state index is -1.22. The van der Waals surface area contributed by atoms with Crippen molar-refractivity contribution in [1.29, 1.82) is 0 Å². The van der Waals surface area contributed by atoms with Crippen LogP contribution >= 0.6 is 0 Å². The number of rotatable bonds is 12. The summed E-state index contributed by atoms with van der Waals surface area (Å²) in [6.07, 6.45) is 3.40. The van der Waals surface area contributed by atoms with Gasteiger partial charge in [-0.15, -0.1) is 0 Å². The summed E-state index contributed by atoms with van der Waals surface area (Å²) in [7, 11) is 0. The number of carboxylic acid groups (broad SMARTS) is 2. The van der Waals surface area contributed by atoms with Crippen molar-refractivity contribution in [2.75, 3.05) is 18.0 Å². The lowest BCUT2D eigenvalue weighted by Gasteiger charge is -2.15. The summed E-state index contributed by atoms with van der Waals surface area (Å²) in [6, 6.07) is 11.4. The van der Waals surface area contributed by atoms with Gasteiger partial charge < -0.3 is 37.3 Å². The molecule has 2 aromatic carbocycles. The summed E-state index contributed by atoms with van der Waals surface area (Å²) >= 11 is 0. The number of hydrogen-bond acceptors (Lipinski definition) is 8. The molecule has 41 heavy (non-hydrogen) atoms. The molecular weight excluding hydrogens is 530 g/mol. The van der Waals surface area contributed by atoms with Gasteiger partial charge in [-0.1, -0.05) is 24.3 Å². The molecule has 4 aromatic rings. The molecule has 2 heterocycles. The van der Waals surface area contributed by atoms with Crippen LogP contribution in [0.5, 0.6) is 0 Å². The molecule has 212 valence electrons. The number of nitrogens with one attached hydrogen (secondary N) is 3. The van der Waals surface area contributed by atoms with E-state index in [-0.39, 0.29) is 36.5 Å². The quantitative estimate of drug-likeness (QED) is 0.125. The summed E-state index contributed by atoms with van der Waals surface area (Å²) in [4.78, 5) is 59.3. The van der Waals surface area contributed by atoms with Crippen LogP contribution in [0.25, 0.3) is 11.0 Å². The van der Waals surface area contributed by atoms with Crippen LogP contribution in [-0.4, -0.2) is 61.5 Å². The lowest BCUT2D eigenvalue weighted by molar-refractivity contribution is -0.139. The molecule has 0 radical (unpaired) electrons. The number of fused-ring (bicyclic) bond motifs is 1. The summed E-state index contributed by atoms with van der Waals surface area (Å²) in [5.74, 6) is -3.16. The van der Waals surface area contributed by atoms with Crippen molar-refractivity contribution in [2.24, 2.45) is 0 Å². The Morgan fingerprint density at radius 1 is 0.902 bits per heavy atom. The number of aryl methyl sites for hydroxylation is 2. The van der Waals surface area contributed by atoms with Crippen LogP contribution in [0.15, 0.2) is 54.7 Å². The molecular formula is C28H29N7O6. The molecule has 0 saturated heterocycles. The largest absolute Gasteiger partial charge is 0.480 e. The monoisotopic (exact) mass is 559 g/mol. The van der Waals surface area contributed by atoms with Crippen LogP contribution in [0.2, 0.25) is 0 Å². The number of nitrogen functional groups attached to an aromatic ring is 2. The second-order valence-electron chi connectivity index (χ2n) is 9.31. The highest BCUT2D eigenvalue weighted by Gasteiger charge is 2.21. The highest BCUT2D eigenvalue weighted by molar-refractivity contribution is 6.04. The summed E-state index contributed by atoms with van der Waals surface area (Å²) in [5, 5.41) is 24.6. The molecule has 0 spiro atoms. The molecule has 13 nitrogen and oxygen atoms in total. The molecule has 0 aliphatic rings. The van der Waals surface area contributed by atoms with Gasteiger partial charge >= 0.3 is 11.9 Å². The van der Waals surface area contributed by atoms with Crippen LogP contribution in [0.1, 0.15) is 55.0 Å². The molecule has 4 rings (SSSR count). The first kappa shape index (κ1) is 28.5. The van der Waals surface area contributed by atoms with Gasteiger partial charge in [-0.05, 0) is 61.1 Å². The maximum Gasteiger partial charge on any atom is 0.336 e. The van der Waals surface area contributed by atoms with Crippen LogP contribution in [0, 0.1) is 0 Å². The number of aromatic nitrogens is 3. The molecule has 2 aromatic heterocycles. The van der Waals surface area contributed by atoms with Gasteiger partial charge in [-0.2, -0.15) is 9.97 Å². The van der Waals surface area contributed by atoms with Crippen LogP contribution in [-0.2, 0) is 17.6 Å². The van der Waals surface area contributed by atoms with Crippen molar-refractivity contribution in [3.8, 4) is 0 Å². The Bertz CT molecular complexity index is 1600. The normalized spacial score (nSPS) is 11.6. The number of aromatic amines is 1. The fourth-order valence-corrected chi connectivity index (χ4v) is 4.41. The molecule has 0 saturated carbocycles. The molecule has 0 fully saturated rings. The maximum atomic E-state index is 12.7. The number of anilines is 2. The summed E-state index contributed by atoms with van der Waals surface area (Å²) in [5.41, 5.74) is 14.3. The van der Waals surface area contributed by atoms with Gasteiger partial charge in [0, 0.05) is 18.3 Å². The Morgan fingerprint density at radius 2 is 1.61 bits per heavy atom. The molecule has 0 aliphatic carbocycles. The Kier molecular flexibility index (Phi) is 8.77. The highest BCUT2D eigenvalue weighted by atomic mass is 16.4. The summed E-state index contributed by atoms with van der Waals surface area (Å²) in [6.45, 7) is 0.0999. The summed E-state index contributed by atoms with van der Waals surface area (Å²) < 4.78 is 0. The first-order chi connectivity index (χ1) is 19.6. The van der Waals surface area contributed by atoms with E-state index in [0.29, 0.717) is 29.9 Å². The zero-order chi connectivity index (χ0) is 29.5. The predicted molar refractivity (Wildman–Crippen MR) is 150 cm³/mol. The number of carbonyl (C=O) groups is 4. The first-order valence-electron chi connectivity index (χ1n) is 12.8. The third kappa shape index (κ3) is 6.95. The van der Waals surface area contributed by atoms with Crippen LogP contribution < -0.4 is 22.1 Å². The van der Waals surface area contributed by atoms with E-state index in [0.717, 1.165) is 16.5 Å². The van der Waals surface area contributed by atoms with E-state index in [4.69, 9.17) is 11.5 Å². The third-order valence-electron chi connectivity index (χ3n) is 6.52. The number of benzene rings is 2. The topological polar surface area (TPSA) is 226 Å². The van der Waals surface area contributed by atoms with Crippen molar-refractivity contribution < 1.29 is 29.4 Å². The van der Waals surface area contributed by atoms with E-state index in [2.05, 4.69) is 25.6 Å².